The lowest BCUT2D eigenvalue weighted by molar-refractivity contribution is -0.149. The van der Waals surface area contributed by atoms with Gasteiger partial charge in [-0.25, -0.2) is 4.90 Å². The topological polar surface area (TPSA) is 66.9 Å². The Morgan fingerprint density at radius 2 is 1.83 bits per heavy atom. The van der Waals surface area contributed by atoms with E-state index in [0.29, 0.717) is 38.2 Å². The second-order valence-electron chi connectivity index (χ2n) is 6.19. The molecule has 1 aromatic rings. The zero-order chi connectivity index (χ0) is 17.1. The monoisotopic (exact) mass is 330 g/mol. The zero-order valence-electron chi connectivity index (χ0n) is 13.8. The van der Waals surface area contributed by atoms with E-state index < -0.39 is 6.04 Å². The van der Waals surface area contributed by atoms with Crippen molar-refractivity contribution in [2.75, 3.05) is 24.6 Å². The van der Waals surface area contributed by atoms with Crippen LogP contribution in [-0.2, 0) is 19.1 Å². The van der Waals surface area contributed by atoms with Crippen LogP contribution in [0.3, 0.4) is 0 Å². The van der Waals surface area contributed by atoms with E-state index in [4.69, 9.17) is 4.74 Å². The molecule has 0 N–H and O–H groups in total. The number of imide groups is 1. The van der Waals surface area contributed by atoms with Crippen LogP contribution in [0.15, 0.2) is 30.3 Å². The Hall–Kier alpha value is -2.21. The first-order valence-electron chi connectivity index (χ1n) is 8.44. The number of esters is 1. The third-order valence-corrected chi connectivity index (χ3v) is 4.73. The number of rotatable bonds is 4. The molecule has 0 spiro atoms. The maximum atomic E-state index is 12.7. The third kappa shape index (κ3) is 3.19. The predicted molar refractivity (Wildman–Crippen MR) is 88.3 cm³/mol. The fraction of sp³-hybridized carbons (Fsp3) is 0.500. The molecule has 24 heavy (non-hydrogen) atoms. The number of anilines is 1. The summed E-state index contributed by atoms with van der Waals surface area (Å²) in [6.45, 7) is 3.46. The molecule has 2 aliphatic rings. The first kappa shape index (κ1) is 16.6. The number of carbonyl (C=O) groups excluding carboxylic acids is 3. The van der Waals surface area contributed by atoms with Gasteiger partial charge in [-0.3, -0.25) is 19.3 Å². The Kier molecular flexibility index (Phi) is 4.94. The molecule has 0 aliphatic carbocycles. The van der Waals surface area contributed by atoms with E-state index in [2.05, 4.69) is 0 Å². The predicted octanol–water partition coefficient (Wildman–Crippen LogP) is 1.59. The highest BCUT2D eigenvalue weighted by Crippen LogP contribution is 2.28. The van der Waals surface area contributed by atoms with Crippen LogP contribution in [0, 0.1) is 5.92 Å². The van der Waals surface area contributed by atoms with Crippen LogP contribution in [0.25, 0.3) is 0 Å². The largest absolute Gasteiger partial charge is 0.466 e. The van der Waals surface area contributed by atoms with E-state index >= 15 is 0 Å². The fourth-order valence-electron chi connectivity index (χ4n) is 3.46. The van der Waals surface area contributed by atoms with E-state index in [1.54, 1.807) is 19.1 Å². The number of nitrogens with zero attached hydrogens (tertiary/aromatic N) is 2. The van der Waals surface area contributed by atoms with E-state index in [1.807, 2.05) is 23.1 Å². The van der Waals surface area contributed by atoms with Crippen molar-refractivity contribution >= 4 is 23.5 Å². The maximum Gasteiger partial charge on any atom is 0.309 e. The minimum atomic E-state index is -0.416. The van der Waals surface area contributed by atoms with Gasteiger partial charge in [-0.15, -0.1) is 0 Å². The van der Waals surface area contributed by atoms with Crippen molar-refractivity contribution in [3.63, 3.8) is 0 Å². The smallest absolute Gasteiger partial charge is 0.309 e. The molecule has 1 atom stereocenters. The number of likely N-dealkylation sites (tertiary alicyclic amines) is 1. The molecular weight excluding hydrogens is 308 g/mol. The van der Waals surface area contributed by atoms with Gasteiger partial charge in [-0.05, 0) is 45.0 Å². The van der Waals surface area contributed by atoms with Crippen LogP contribution in [0.4, 0.5) is 5.69 Å². The van der Waals surface area contributed by atoms with Crippen molar-refractivity contribution in [1.82, 2.24) is 4.90 Å². The van der Waals surface area contributed by atoms with Gasteiger partial charge in [0.25, 0.3) is 5.91 Å². The van der Waals surface area contributed by atoms with Gasteiger partial charge in [-0.1, -0.05) is 18.2 Å². The molecule has 128 valence electrons. The SMILES string of the molecule is CCOC(=O)C1CCN([C@@H]2CC(=O)N(c3ccccc3)C2=O)CC1. The maximum absolute atomic E-state index is 12.7. The number of benzene rings is 1. The molecule has 2 fully saturated rings. The minimum absolute atomic E-state index is 0.0985. The van der Waals surface area contributed by atoms with E-state index in [-0.39, 0.29) is 30.1 Å². The molecule has 3 rings (SSSR count). The van der Waals surface area contributed by atoms with Crippen LogP contribution < -0.4 is 4.90 Å². The number of hydrogen-bond donors (Lipinski definition) is 0. The highest BCUT2D eigenvalue weighted by Gasteiger charge is 2.43. The van der Waals surface area contributed by atoms with Gasteiger partial charge in [0.1, 0.15) is 0 Å². The summed E-state index contributed by atoms with van der Waals surface area (Å²) < 4.78 is 5.07. The Balaban J connectivity index is 1.64. The van der Waals surface area contributed by atoms with Crippen LogP contribution >= 0.6 is 0 Å². The van der Waals surface area contributed by atoms with Crippen LogP contribution in [-0.4, -0.2) is 48.4 Å². The first-order chi connectivity index (χ1) is 11.6. The van der Waals surface area contributed by atoms with E-state index in [9.17, 15) is 14.4 Å². The zero-order valence-corrected chi connectivity index (χ0v) is 13.8. The molecule has 0 unspecified atom stereocenters. The summed E-state index contributed by atoms with van der Waals surface area (Å²) >= 11 is 0. The van der Waals surface area contributed by atoms with Crippen molar-refractivity contribution in [2.24, 2.45) is 5.92 Å². The number of carbonyl (C=O) groups is 3. The lowest BCUT2D eigenvalue weighted by Gasteiger charge is -2.33. The number of para-hydroxylation sites is 1. The quantitative estimate of drug-likeness (QED) is 0.619. The van der Waals surface area contributed by atoms with Crippen molar-refractivity contribution in [3.05, 3.63) is 30.3 Å². The normalized spacial score (nSPS) is 22.9. The second kappa shape index (κ2) is 7.13. The molecule has 2 amide bonds. The van der Waals surface area contributed by atoms with Crippen molar-refractivity contribution in [3.8, 4) is 0 Å². The molecule has 2 aliphatic heterocycles. The average Bonchev–Trinajstić information content (AvgIpc) is 2.90. The summed E-state index contributed by atoms with van der Waals surface area (Å²) in [5, 5.41) is 0. The van der Waals surface area contributed by atoms with Crippen molar-refractivity contribution in [1.29, 1.82) is 0 Å². The number of amides is 2. The molecule has 6 nitrogen and oxygen atoms in total. The van der Waals surface area contributed by atoms with Crippen molar-refractivity contribution in [2.45, 2.75) is 32.2 Å². The van der Waals surface area contributed by atoms with Crippen LogP contribution in [0.2, 0.25) is 0 Å². The number of piperidine rings is 1. The van der Waals surface area contributed by atoms with Crippen LogP contribution in [0.5, 0.6) is 0 Å². The molecule has 0 bridgehead atoms. The average molecular weight is 330 g/mol. The lowest BCUT2D eigenvalue weighted by Crippen LogP contribution is -2.47. The molecule has 2 saturated heterocycles. The minimum Gasteiger partial charge on any atom is -0.466 e. The second-order valence-corrected chi connectivity index (χ2v) is 6.19. The molecule has 6 heteroatoms. The van der Waals surface area contributed by atoms with Crippen LogP contribution in [0.1, 0.15) is 26.2 Å². The summed E-state index contributed by atoms with van der Waals surface area (Å²) in [7, 11) is 0. The summed E-state index contributed by atoms with van der Waals surface area (Å²) in [6.07, 6.45) is 1.54. The fourth-order valence-corrected chi connectivity index (χ4v) is 3.46. The molecular formula is C18H22N2O4. The number of ether oxygens (including phenoxy) is 1. The summed E-state index contributed by atoms with van der Waals surface area (Å²) in [5.74, 6) is -0.583. The van der Waals surface area contributed by atoms with Gasteiger partial charge in [-0.2, -0.15) is 0 Å². The van der Waals surface area contributed by atoms with Gasteiger partial charge < -0.3 is 4.74 Å². The highest BCUT2D eigenvalue weighted by molar-refractivity contribution is 6.22. The van der Waals surface area contributed by atoms with Gasteiger partial charge in [0.15, 0.2) is 0 Å². The molecule has 0 saturated carbocycles. The van der Waals surface area contributed by atoms with E-state index in [0.717, 1.165) is 0 Å². The number of hydrogen-bond acceptors (Lipinski definition) is 5. The molecule has 0 radical (unpaired) electrons. The van der Waals surface area contributed by atoms with Gasteiger partial charge in [0.2, 0.25) is 5.91 Å². The van der Waals surface area contributed by atoms with Gasteiger partial charge >= 0.3 is 5.97 Å². The Labute approximate surface area is 141 Å². The lowest BCUT2D eigenvalue weighted by atomic mass is 9.95. The Bertz CT molecular complexity index is 623. The third-order valence-electron chi connectivity index (χ3n) is 4.73. The molecule has 1 aromatic carbocycles. The summed E-state index contributed by atoms with van der Waals surface area (Å²) in [6, 6.07) is 8.60. The van der Waals surface area contributed by atoms with Crippen molar-refractivity contribution < 1.29 is 19.1 Å². The molecule has 0 aromatic heterocycles. The van der Waals surface area contributed by atoms with Gasteiger partial charge in [0.05, 0.1) is 30.7 Å². The van der Waals surface area contributed by atoms with Gasteiger partial charge in [0, 0.05) is 0 Å². The molecule has 2 heterocycles. The standard InChI is InChI=1S/C18H22N2O4/c1-2-24-18(23)13-8-10-19(11-9-13)15-12-16(21)20(17(15)22)14-6-4-3-5-7-14/h3-7,13,15H,2,8-12H2,1H3/t15-/m1/s1. The first-order valence-corrected chi connectivity index (χ1v) is 8.44. The summed E-state index contributed by atoms with van der Waals surface area (Å²) in [5.41, 5.74) is 0.622. The van der Waals surface area contributed by atoms with E-state index in [1.165, 1.54) is 4.90 Å². The summed E-state index contributed by atoms with van der Waals surface area (Å²) in [4.78, 5) is 40.1. The highest BCUT2D eigenvalue weighted by atomic mass is 16.5. The Morgan fingerprint density at radius 1 is 1.17 bits per heavy atom. The Morgan fingerprint density at radius 3 is 2.46 bits per heavy atom.